The van der Waals surface area contributed by atoms with E-state index in [1.165, 1.54) is 0 Å². The van der Waals surface area contributed by atoms with Crippen molar-refractivity contribution < 1.29 is 0 Å². The third kappa shape index (κ3) is 2.48. The quantitative estimate of drug-likeness (QED) is 0.891. The molecule has 6 heteroatoms. The summed E-state index contributed by atoms with van der Waals surface area (Å²) in [6.45, 7) is 6.86. The van der Waals surface area contributed by atoms with E-state index in [9.17, 15) is 0 Å². The summed E-state index contributed by atoms with van der Waals surface area (Å²) in [5, 5.41) is 10.8. The molecule has 2 rings (SSSR count). The highest BCUT2D eigenvalue weighted by molar-refractivity contribution is 7.09. The van der Waals surface area contributed by atoms with Gasteiger partial charge in [0.05, 0.1) is 17.9 Å². The van der Waals surface area contributed by atoms with Crippen LogP contribution in [0.5, 0.6) is 0 Å². The Morgan fingerprint density at radius 2 is 2.22 bits per heavy atom. The SMILES string of the molecule is Cc1csc(CNc2c(N)c(C(C)C)nn2C)n1. The number of rotatable bonds is 4. The van der Waals surface area contributed by atoms with E-state index >= 15 is 0 Å². The van der Waals surface area contributed by atoms with E-state index < -0.39 is 0 Å². The van der Waals surface area contributed by atoms with Crippen LogP contribution in [0.2, 0.25) is 0 Å². The number of nitrogens with one attached hydrogen (secondary N) is 1. The van der Waals surface area contributed by atoms with Gasteiger partial charge < -0.3 is 11.1 Å². The van der Waals surface area contributed by atoms with E-state index in [1.54, 1.807) is 16.0 Å². The molecule has 0 saturated heterocycles. The standard InChI is InChI=1S/C12H19N5S/c1-7(2)11-10(13)12(17(4)16-11)14-5-9-15-8(3)6-18-9/h6-7,14H,5,13H2,1-4H3. The zero-order chi connectivity index (χ0) is 13.3. The average Bonchev–Trinajstić information content (AvgIpc) is 2.82. The van der Waals surface area contributed by atoms with Crippen molar-refractivity contribution >= 4 is 22.8 Å². The van der Waals surface area contributed by atoms with E-state index in [2.05, 4.69) is 29.2 Å². The van der Waals surface area contributed by atoms with Crippen LogP contribution in [0.4, 0.5) is 11.5 Å². The van der Waals surface area contributed by atoms with Crippen molar-refractivity contribution in [3.8, 4) is 0 Å². The Kier molecular flexibility index (Phi) is 3.56. The molecule has 0 saturated carbocycles. The van der Waals surface area contributed by atoms with Gasteiger partial charge in [0.2, 0.25) is 0 Å². The molecule has 0 atom stereocenters. The van der Waals surface area contributed by atoms with Crippen molar-refractivity contribution in [2.45, 2.75) is 33.2 Å². The molecule has 2 aromatic rings. The number of aryl methyl sites for hydroxylation is 2. The lowest BCUT2D eigenvalue weighted by Crippen LogP contribution is -2.06. The van der Waals surface area contributed by atoms with E-state index in [4.69, 9.17) is 5.73 Å². The molecule has 2 heterocycles. The first kappa shape index (κ1) is 12.9. The summed E-state index contributed by atoms with van der Waals surface area (Å²) in [6.07, 6.45) is 0. The van der Waals surface area contributed by atoms with Gasteiger partial charge in [0.1, 0.15) is 10.8 Å². The fraction of sp³-hybridized carbons (Fsp3) is 0.500. The minimum absolute atomic E-state index is 0.328. The summed E-state index contributed by atoms with van der Waals surface area (Å²) in [5.41, 5.74) is 8.84. The Bertz CT molecular complexity index is 541. The second-order valence-corrected chi connectivity index (χ2v) is 5.60. The topological polar surface area (TPSA) is 68.8 Å². The molecule has 18 heavy (non-hydrogen) atoms. The summed E-state index contributed by atoms with van der Waals surface area (Å²) >= 11 is 1.65. The predicted molar refractivity (Wildman–Crippen MR) is 75.9 cm³/mol. The van der Waals surface area contributed by atoms with E-state index in [-0.39, 0.29) is 0 Å². The van der Waals surface area contributed by atoms with E-state index in [1.807, 2.05) is 19.4 Å². The van der Waals surface area contributed by atoms with Crippen LogP contribution in [0.15, 0.2) is 5.38 Å². The summed E-state index contributed by atoms with van der Waals surface area (Å²) in [4.78, 5) is 4.41. The number of nitrogen functional groups attached to an aromatic ring is 1. The second kappa shape index (κ2) is 4.97. The largest absolute Gasteiger partial charge is 0.394 e. The molecule has 2 aromatic heterocycles. The number of anilines is 2. The first-order valence-corrected chi connectivity index (χ1v) is 6.84. The van der Waals surface area contributed by atoms with Gasteiger partial charge in [-0.3, -0.25) is 4.68 Å². The number of aromatic nitrogens is 3. The van der Waals surface area contributed by atoms with Crippen molar-refractivity contribution in [2.75, 3.05) is 11.1 Å². The first-order valence-electron chi connectivity index (χ1n) is 5.96. The van der Waals surface area contributed by atoms with Crippen LogP contribution in [0, 0.1) is 6.92 Å². The van der Waals surface area contributed by atoms with Gasteiger partial charge in [-0.05, 0) is 12.8 Å². The smallest absolute Gasteiger partial charge is 0.148 e. The second-order valence-electron chi connectivity index (χ2n) is 4.66. The number of hydrogen-bond acceptors (Lipinski definition) is 5. The van der Waals surface area contributed by atoms with Gasteiger partial charge in [-0.2, -0.15) is 5.10 Å². The van der Waals surface area contributed by atoms with Crippen LogP contribution >= 0.6 is 11.3 Å². The minimum atomic E-state index is 0.328. The Balaban J connectivity index is 2.14. The van der Waals surface area contributed by atoms with Gasteiger partial charge in [0, 0.05) is 18.1 Å². The molecule has 0 unspecified atom stereocenters. The van der Waals surface area contributed by atoms with Crippen molar-refractivity contribution in [3.63, 3.8) is 0 Å². The molecule has 0 bridgehead atoms. The van der Waals surface area contributed by atoms with Crippen LogP contribution in [0.1, 0.15) is 36.2 Å². The Hall–Kier alpha value is -1.56. The van der Waals surface area contributed by atoms with Crippen LogP contribution in [-0.2, 0) is 13.6 Å². The summed E-state index contributed by atoms with van der Waals surface area (Å²) in [6, 6.07) is 0. The molecular weight excluding hydrogens is 246 g/mol. The average molecular weight is 265 g/mol. The lowest BCUT2D eigenvalue weighted by Gasteiger charge is -2.06. The summed E-state index contributed by atoms with van der Waals surface area (Å²) < 4.78 is 1.80. The van der Waals surface area contributed by atoms with Crippen molar-refractivity contribution in [2.24, 2.45) is 7.05 Å². The van der Waals surface area contributed by atoms with Gasteiger partial charge in [0.15, 0.2) is 0 Å². The van der Waals surface area contributed by atoms with Crippen LogP contribution in [0.3, 0.4) is 0 Å². The highest BCUT2D eigenvalue weighted by atomic mass is 32.1. The van der Waals surface area contributed by atoms with Crippen molar-refractivity contribution in [3.05, 3.63) is 21.8 Å². The molecule has 0 aliphatic rings. The van der Waals surface area contributed by atoms with Gasteiger partial charge in [-0.1, -0.05) is 13.8 Å². The zero-order valence-corrected chi connectivity index (χ0v) is 12.0. The molecule has 0 aliphatic heterocycles. The summed E-state index contributed by atoms with van der Waals surface area (Å²) in [5.74, 6) is 1.19. The highest BCUT2D eigenvalue weighted by Gasteiger charge is 2.15. The molecule has 98 valence electrons. The third-order valence-electron chi connectivity index (χ3n) is 2.73. The lowest BCUT2D eigenvalue weighted by atomic mass is 10.1. The number of nitrogens with zero attached hydrogens (tertiary/aromatic N) is 3. The van der Waals surface area contributed by atoms with Crippen LogP contribution in [0.25, 0.3) is 0 Å². The maximum absolute atomic E-state index is 6.11. The highest BCUT2D eigenvalue weighted by Crippen LogP contribution is 2.28. The van der Waals surface area contributed by atoms with Crippen molar-refractivity contribution in [1.82, 2.24) is 14.8 Å². The third-order valence-corrected chi connectivity index (χ3v) is 3.70. The Morgan fingerprint density at radius 1 is 1.50 bits per heavy atom. The molecule has 0 aromatic carbocycles. The molecule has 0 amide bonds. The lowest BCUT2D eigenvalue weighted by molar-refractivity contribution is 0.715. The number of hydrogen-bond donors (Lipinski definition) is 2. The molecule has 0 fully saturated rings. The van der Waals surface area contributed by atoms with Crippen LogP contribution in [-0.4, -0.2) is 14.8 Å². The molecule has 0 spiro atoms. The minimum Gasteiger partial charge on any atom is -0.394 e. The van der Waals surface area contributed by atoms with Gasteiger partial charge >= 0.3 is 0 Å². The van der Waals surface area contributed by atoms with E-state index in [0.717, 1.165) is 27.9 Å². The van der Waals surface area contributed by atoms with Gasteiger partial charge in [0.25, 0.3) is 0 Å². The summed E-state index contributed by atoms with van der Waals surface area (Å²) in [7, 11) is 1.90. The fourth-order valence-electron chi connectivity index (χ4n) is 1.84. The maximum atomic E-state index is 6.11. The molecule has 3 N–H and O–H groups in total. The van der Waals surface area contributed by atoms with Gasteiger partial charge in [-0.15, -0.1) is 11.3 Å². The van der Waals surface area contributed by atoms with E-state index in [0.29, 0.717) is 12.5 Å². The Labute approximate surface area is 111 Å². The molecule has 5 nitrogen and oxygen atoms in total. The predicted octanol–water partition coefficient (Wildman–Crippen LogP) is 2.50. The molecular formula is C12H19N5S. The van der Waals surface area contributed by atoms with Gasteiger partial charge in [-0.25, -0.2) is 4.98 Å². The number of thiazole rings is 1. The zero-order valence-electron chi connectivity index (χ0n) is 11.2. The normalized spacial score (nSPS) is 11.2. The number of nitrogens with two attached hydrogens (primary N) is 1. The fourth-order valence-corrected chi connectivity index (χ4v) is 2.55. The monoisotopic (exact) mass is 265 g/mol. The molecule has 0 radical (unpaired) electrons. The maximum Gasteiger partial charge on any atom is 0.148 e. The Morgan fingerprint density at radius 3 is 2.72 bits per heavy atom. The molecule has 0 aliphatic carbocycles. The first-order chi connectivity index (χ1) is 8.49. The van der Waals surface area contributed by atoms with Crippen LogP contribution < -0.4 is 11.1 Å². The van der Waals surface area contributed by atoms with Crippen molar-refractivity contribution in [1.29, 1.82) is 0 Å².